The molecule has 0 radical (unpaired) electrons. The number of anilines is 1. The topological polar surface area (TPSA) is 41.6 Å². The largest absolute Gasteiger partial charge is 0.369 e. The van der Waals surface area contributed by atoms with Crippen molar-refractivity contribution in [2.45, 2.75) is 13.3 Å². The highest BCUT2D eigenvalue weighted by molar-refractivity contribution is 5.98. The average molecular weight is 288 g/mol. The minimum absolute atomic E-state index is 0. The van der Waals surface area contributed by atoms with Crippen LogP contribution in [0.5, 0.6) is 0 Å². The van der Waals surface area contributed by atoms with Crippen molar-refractivity contribution in [1.82, 2.24) is 0 Å². The number of nitrogens with two attached hydrogens (primary N) is 1. The van der Waals surface area contributed by atoms with Gasteiger partial charge in [0.15, 0.2) is 0 Å². The van der Waals surface area contributed by atoms with Gasteiger partial charge in [-0.25, -0.2) is 4.99 Å². The Kier molecular flexibility index (Phi) is 4.30. The summed E-state index contributed by atoms with van der Waals surface area (Å²) in [7, 11) is 0. The Morgan fingerprint density at radius 3 is 2.60 bits per heavy atom. The summed E-state index contributed by atoms with van der Waals surface area (Å²) in [5.74, 6) is 0.569. The molecule has 3 rings (SSSR count). The number of aliphatic imine (C=N–C) groups is 1. The summed E-state index contributed by atoms with van der Waals surface area (Å²) in [5, 5.41) is 0. The molecule has 0 aromatic heterocycles. The third kappa shape index (κ3) is 2.63. The smallest absolute Gasteiger partial charge is 0.201 e. The SMILES string of the molecule is Cc1ccccc1N=C(N)N1CCc2ccccc21.Cl. The second-order valence-corrected chi connectivity index (χ2v) is 4.79. The Morgan fingerprint density at radius 2 is 1.80 bits per heavy atom. The zero-order valence-corrected chi connectivity index (χ0v) is 12.2. The maximum Gasteiger partial charge on any atom is 0.201 e. The van der Waals surface area contributed by atoms with Crippen molar-refractivity contribution in [3.8, 4) is 0 Å². The van der Waals surface area contributed by atoms with E-state index in [-0.39, 0.29) is 12.4 Å². The van der Waals surface area contributed by atoms with E-state index in [9.17, 15) is 0 Å². The van der Waals surface area contributed by atoms with Crippen molar-refractivity contribution in [2.75, 3.05) is 11.4 Å². The molecule has 1 aliphatic heterocycles. The van der Waals surface area contributed by atoms with Crippen molar-refractivity contribution in [3.63, 3.8) is 0 Å². The van der Waals surface area contributed by atoms with Crippen molar-refractivity contribution in [3.05, 3.63) is 59.7 Å². The lowest BCUT2D eigenvalue weighted by Gasteiger charge is -2.18. The van der Waals surface area contributed by atoms with Crippen LogP contribution >= 0.6 is 12.4 Å². The fourth-order valence-electron chi connectivity index (χ4n) is 2.45. The van der Waals surface area contributed by atoms with Gasteiger partial charge in [0.25, 0.3) is 0 Å². The fourth-order valence-corrected chi connectivity index (χ4v) is 2.45. The maximum absolute atomic E-state index is 6.17. The standard InChI is InChI=1S/C16H17N3.ClH/c1-12-6-2-4-8-14(12)18-16(17)19-11-10-13-7-3-5-9-15(13)19;/h2-9H,10-11H2,1H3,(H2,17,18);1H. The fraction of sp³-hybridized carbons (Fsp3) is 0.188. The molecule has 2 N–H and O–H groups in total. The molecule has 0 unspecified atom stereocenters. The Balaban J connectivity index is 0.00000147. The van der Waals surface area contributed by atoms with Crippen molar-refractivity contribution >= 4 is 29.7 Å². The predicted octanol–water partition coefficient (Wildman–Crippen LogP) is 3.43. The number of hydrogen-bond donors (Lipinski definition) is 1. The highest BCUT2D eigenvalue weighted by Crippen LogP contribution is 2.28. The summed E-state index contributed by atoms with van der Waals surface area (Å²) < 4.78 is 0. The van der Waals surface area contributed by atoms with E-state index in [1.54, 1.807) is 0 Å². The summed E-state index contributed by atoms with van der Waals surface area (Å²) >= 11 is 0. The van der Waals surface area contributed by atoms with E-state index in [2.05, 4.69) is 28.1 Å². The molecule has 1 aliphatic rings. The Bertz CT molecular complexity index is 637. The van der Waals surface area contributed by atoms with E-state index in [1.807, 2.05) is 37.3 Å². The summed E-state index contributed by atoms with van der Waals surface area (Å²) in [4.78, 5) is 6.64. The van der Waals surface area contributed by atoms with Crippen LogP contribution in [0.25, 0.3) is 0 Å². The van der Waals surface area contributed by atoms with E-state index >= 15 is 0 Å². The predicted molar refractivity (Wildman–Crippen MR) is 87.2 cm³/mol. The second-order valence-electron chi connectivity index (χ2n) is 4.79. The van der Waals surface area contributed by atoms with Crippen LogP contribution in [0.3, 0.4) is 0 Å². The van der Waals surface area contributed by atoms with Crippen molar-refractivity contribution in [1.29, 1.82) is 0 Å². The summed E-state index contributed by atoms with van der Waals surface area (Å²) in [6.45, 7) is 2.95. The molecule has 0 bridgehead atoms. The summed E-state index contributed by atoms with van der Waals surface area (Å²) in [6, 6.07) is 16.4. The number of nitrogens with zero attached hydrogens (tertiary/aromatic N) is 2. The van der Waals surface area contributed by atoms with Gasteiger partial charge in [0.2, 0.25) is 5.96 Å². The molecule has 0 atom stereocenters. The molecule has 2 aromatic rings. The average Bonchev–Trinajstić information content (AvgIpc) is 2.85. The van der Waals surface area contributed by atoms with Crippen LogP contribution in [-0.2, 0) is 6.42 Å². The molecule has 3 nitrogen and oxygen atoms in total. The minimum atomic E-state index is 0. The van der Waals surface area contributed by atoms with Crippen LogP contribution in [0.1, 0.15) is 11.1 Å². The van der Waals surface area contributed by atoms with Gasteiger partial charge >= 0.3 is 0 Å². The molecular weight excluding hydrogens is 270 g/mol. The van der Waals surface area contributed by atoms with Crippen LogP contribution < -0.4 is 10.6 Å². The third-order valence-electron chi connectivity index (χ3n) is 3.51. The van der Waals surface area contributed by atoms with E-state index in [0.717, 1.165) is 24.2 Å². The van der Waals surface area contributed by atoms with Gasteiger partial charge < -0.3 is 10.6 Å². The van der Waals surface area contributed by atoms with Crippen molar-refractivity contribution in [2.24, 2.45) is 10.7 Å². The molecule has 104 valence electrons. The zero-order valence-electron chi connectivity index (χ0n) is 11.4. The lowest BCUT2D eigenvalue weighted by atomic mass is 10.2. The number of para-hydroxylation sites is 2. The van der Waals surface area contributed by atoms with Crippen LogP contribution in [-0.4, -0.2) is 12.5 Å². The van der Waals surface area contributed by atoms with Gasteiger partial charge in [0.05, 0.1) is 5.69 Å². The van der Waals surface area contributed by atoms with Gasteiger partial charge in [-0.15, -0.1) is 12.4 Å². The number of benzene rings is 2. The second kappa shape index (κ2) is 5.97. The number of guanidine groups is 1. The molecule has 0 aliphatic carbocycles. The zero-order chi connectivity index (χ0) is 13.2. The van der Waals surface area contributed by atoms with E-state index in [4.69, 9.17) is 5.73 Å². The van der Waals surface area contributed by atoms with E-state index in [1.165, 1.54) is 11.3 Å². The number of rotatable bonds is 1. The highest BCUT2D eigenvalue weighted by atomic mass is 35.5. The first-order valence-electron chi connectivity index (χ1n) is 6.51. The van der Waals surface area contributed by atoms with Gasteiger partial charge in [-0.3, -0.25) is 0 Å². The number of fused-ring (bicyclic) bond motifs is 1. The van der Waals surface area contributed by atoms with E-state index in [0.29, 0.717) is 5.96 Å². The van der Waals surface area contributed by atoms with Crippen LogP contribution in [0, 0.1) is 6.92 Å². The molecule has 4 heteroatoms. The quantitative estimate of drug-likeness (QED) is 0.645. The monoisotopic (exact) mass is 287 g/mol. The molecule has 0 saturated carbocycles. The number of aryl methyl sites for hydroxylation is 1. The van der Waals surface area contributed by atoms with Crippen LogP contribution in [0.2, 0.25) is 0 Å². The summed E-state index contributed by atoms with van der Waals surface area (Å²) in [6.07, 6.45) is 1.03. The van der Waals surface area contributed by atoms with Gasteiger partial charge in [-0.05, 0) is 36.6 Å². The van der Waals surface area contributed by atoms with Gasteiger partial charge in [-0.2, -0.15) is 0 Å². The first-order valence-corrected chi connectivity index (χ1v) is 6.51. The van der Waals surface area contributed by atoms with Gasteiger partial charge in [0.1, 0.15) is 0 Å². The number of halogens is 1. The Labute approximate surface area is 125 Å². The van der Waals surface area contributed by atoms with Gasteiger partial charge in [-0.1, -0.05) is 36.4 Å². The molecule has 1 heterocycles. The number of hydrogen-bond acceptors (Lipinski definition) is 1. The van der Waals surface area contributed by atoms with Crippen molar-refractivity contribution < 1.29 is 0 Å². The Morgan fingerprint density at radius 1 is 1.10 bits per heavy atom. The van der Waals surface area contributed by atoms with E-state index < -0.39 is 0 Å². The molecule has 0 fully saturated rings. The molecule has 0 saturated heterocycles. The molecular formula is C16H18ClN3. The lowest BCUT2D eigenvalue weighted by Crippen LogP contribution is -2.35. The lowest BCUT2D eigenvalue weighted by molar-refractivity contribution is 1.01. The van der Waals surface area contributed by atoms with Crippen LogP contribution in [0.4, 0.5) is 11.4 Å². The van der Waals surface area contributed by atoms with Crippen LogP contribution in [0.15, 0.2) is 53.5 Å². The first-order chi connectivity index (χ1) is 9.25. The molecule has 2 aromatic carbocycles. The first kappa shape index (κ1) is 14.4. The third-order valence-corrected chi connectivity index (χ3v) is 3.51. The Hall–Kier alpha value is -2.00. The molecule has 0 spiro atoms. The highest BCUT2D eigenvalue weighted by Gasteiger charge is 2.20. The molecule has 0 amide bonds. The van der Waals surface area contributed by atoms with Gasteiger partial charge in [0, 0.05) is 12.2 Å². The minimum Gasteiger partial charge on any atom is -0.369 e. The summed E-state index contributed by atoms with van der Waals surface area (Å²) in [5.41, 5.74) is 10.8. The normalized spacial score (nSPS) is 13.8. The maximum atomic E-state index is 6.17. The molecule has 20 heavy (non-hydrogen) atoms.